The van der Waals surface area contributed by atoms with Crippen molar-refractivity contribution in [3.05, 3.63) is 35.6 Å². The van der Waals surface area contributed by atoms with Gasteiger partial charge in [0.25, 0.3) is 0 Å². The van der Waals surface area contributed by atoms with Crippen molar-refractivity contribution in [1.82, 2.24) is 5.32 Å². The molecule has 0 heterocycles. The highest BCUT2D eigenvalue weighted by atomic mass is 19.1. The standard InChI is InChI=1S/C15H22FN/c1-2-17-15-10-6-4-8-13(15)11-12-7-3-5-9-14(12)16/h3,5,7,9,13,15,17H,2,4,6,8,10-11H2,1H3. The first kappa shape index (κ1) is 12.6. The van der Waals surface area contributed by atoms with Crippen molar-refractivity contribution in [2.45, 2.75) is 45.1 Å². The van der Waals surface area contributed by atoms with Crippen LogP contribution in [0.5, 0.6) is 0 Å². The molecule has 2 unspecified atom stereocenters. The van der Waals surface area contributed by atoms with Crippen LogP contribution < -0.4 is 5.32 Å². The van der Waals surface area contributed by atoms with Crippen LogP contribution in [-0.2, 0) is 6.42 Å². The molecule has 0 spiro atoms. The third-order valence-electron chi connectivity index (χ3n) is 3.82. The van der Waals surface area contributed by atoms with E-state index in [1.165, 1.54) is 25.7 Å². The summed E-state index contributed by atoms with van der Waals surface area (Å²) in [5, 5.41) is 3.55. The molecule has 1 nitrogen and oxygen atoms in total. The Labute approximate surface area is 103 Å². The Morgan fingerprint density at radius 1 is 1.24 bits per heavy atom. The Bertz CT molecular complexity index is 349. The normalized spacial score (nSPS) is 24.8. The van der Waals surface area contributed by atoms with E-state index in [-0.39, 0.29) is 5.82 Å². The average molecular weight is 235 g/mol. The van der Waals surface area contributed by atoms with Crippen LogP contribution in [0.15, 0.2) is 24.3 Å². The number of halogens is 1. The summed E-state index contributed by atoms with van der Waals surface area (Å²) in [6, 6.07) is 7.77. The number of benzene rings is 1. The maximum absolute atomic E-state index is 13.6. The molecule has 0 aromatic heterocycles. The lowest BCUT2D eigenvalue weighted by molar-refractivity contribution is 0.262. The molecule has 1 saturated carbocycles. The Kier molecular flexibility index (Phi) is 4.55. The van der Waals surface area contributed by atoms with Crippen LogP contribution in [0, 0.1) is 11.7 Å². The van der Waals surface area contributed by atoms with Gasteiger partial charge in [-0.25, -0.2) is 4.39 Å². The average Bonchev–Trinajstić information content (AvgIpc) is 2.35. The van der Waals surface area contributed by atoms with E-state index in [0.29, 0.717) is 12.0 Å². The topological polar surface area (TPSA) is 12.0 Å². The minimum Gasteiger partial charge on any atom is -0.314 e. The lowest BCUT2D eigenvalue weighted by Crippen LogP contribution is -2.39. The maximum Gasteiger partial charge on any atom is 0.126 e. The third kappa shape index (κ3) is 3.29. The second-order valence-corrected chi connectivity index (χ2v) is 5.00. The van der Waals surface area contributed by atoms with Crippen molar-refractivity contribution in [3.63, 3.8) is 0 Å². The number of rotatable bonds is 4. The van der Waals surface area contributed by atoms with Crippen LogP contribution in [0.3, 0.4) is 0 Å². The highest BCUT2D eigenvalue weighted by Crippen LogP contribution is 2.28. The Morgan fingerprint density at radius 3 is 2.76 bits per heavy atom. The Hall–Kier alpha value is -0.890. The summed E-state index contributed by atoms with van der Waals surface area (Å²) in [5.74, 6) is 0.550. The van der Waals surface area contributed by atoms with Crippen LogP contribution in [0.2, 0.25) is 0 Å². The summed E-state index contributed by atoms with van der Waals surface area (Å²) < 4.78 is 13.6. The van der Waals surface area contributed by atoms with E-state index in [1.807, 2.05) is 12.1 Å². The molecule has 94 valence electrons. The zero-order valence-corrected chi connectivity index (χ0v) is 10.6. The van der Waals surface area contributed by atoms with Crippen molar-refractivity contribution >= 4 is 0 Å². The molecule has 1 aromatic rings. The van der Waals surface area contributed by atoms with Crippen LogP contribution in [0.4, 0.5) is 4.39 Å². The number of nitrogens with one attached hydrogen (secondary N) is 1. The first-order valence-corrected chi connectivity index (χ1v) is 6.78. The predicted molar refractivity (Wildman–Crippen MR) is 69.5 cm³/mol. The lowest BCUT2D eigenvalue weighted by atomic mass is 9.80. The molecule has 2 atom stereocenters. The first-order valence-electron chi connectivity index (χ1n) is 6.78. The molecule has 0 radical (unpaired) electrons. The van der Waals surface area contributed by atoms with Gasteiger partial charge in [-0.3, -0.25) is 0 Å². The molecule has 1 N–H and O–H groups in total. The molecule has 1 aliphatic carbocycles. The molecular formula is C15H22FN. The summed E-state index contributed by atoms with van der Waals surface area (Å²) in [6.45, 7) is 3.16. The molecule has 0 aliphatic heterocycles. The minimum atomic E-state index is -0.0479. The second kappa shape index (κ2) is 6.15. The molecule has 1 aliphatic rings. The molecule has 0 saturated heterocycles. The van der Waals surface area contributed by atoms with Gasteiger partial charge < -0.3 is 5.32 Å². The smallest absolute Gasteiger partial charge is 0.126 e. The fourth-order valence-electron chi connectivity index (χ4n) is 2.93. The summed E-state index contributed by atoms with van der Waals surface area (Å²) in [5.41, 5.74) is 0.877. The molecule has 2 rings (SSSR count). The van der Waals surface area contributed by atoms with E-state index < -0.39 is 0 Å². The monoisotopic (exact) mass is 235 g/mol. The lowest BCUT2D eigenvalue weighted by Gasteiger charge is -2.32. The maximum atomic E-state index is 13.6. The highest BCUT2D eigenvalue weighted by Gasteiger charge is 2.24. The zero-order chi connectivity index (χ0) is 12.1. The van der Waals surface area contributed by atoms with Gasteiger partial charge >= 0.3 is 0 Å². The van der Waals surface area contributed by atoms with Crippen LogP contribution in [-0.4, -0.2) is 12.6 Å². The molecule has 17 heavy (non-hydrogen) atoms. The predicted octanol–water partition coefficient (Wildman–Crippen LogP) is 3.54. The van der Waals surface area contributed by atoms with Gasteiger partial charge in [-0.15, -0.1) is 0 Å². The van der Waals surface area contributed by atoms with Crippen molar-refractivity contribution < 1.29 is 4.39 Å². The van der Waals surface area contributed by atoms with E-state index in [0.717, 1.165) is 18.5 Å². The van der Waals surface area contributed by atoms with E-state index in [1.54, 1.807) is 12.1 Å². The largest absolute Gasteiger partial charge is 0.314 e. The van der Waals surface area contributed by atoms with E-state index in [4.69, 9.17) is 0 Å². The SMILES string of the molecule is CCNC1CCCCC1Cc1ccccc1F. The number of hydrogen-bond donors (Lipinski definition) is 1. The molecule has 0 bridgehead atoms. The molecule has 1 fully saturated rings. The van der Waals surface area contributed by atoms with Gasteiger partial charge in [0.05, 0.1) is 0 Å². The fourth-order valence-corrected chi connectivity index (χ4v) is 2.93. The zero-order valence-electron chi connectivity index (χ0n) is 10.6. The van der Waals surface area contributed by atoms with Crippen molar-refractivity contribution in [2.24, 2.45) is 5.92 Å². The van der Waals surface area contributed by atoms with Gasteiger partial charge in [0.15, 0.2) is 0 Å². The molecule has 1 aromatic carbocycles. The summed E-state index contributed by atoms with van der Waals surface area (Å²) >= 11 is 0. The quantitative estimate of drug-likeness (QED) is 0.841. The van der Waals surface area contributed by atoms with Gasteiger partial charge in [0.1, 0.15) is 5.82 Å². The van der Waals surface area contributed by atoms with Crippen molar-refractivity contribution in [3.8, 4) is 0 Å². The minimum absolute atomic E-state index is 0.0479. The summed E-state index contributed by atoms with van der Waals surface area (Å²) in [4.78, 5) is 0. The van der Waals surface area contributed by atoms with E-state index in [2.05, 4.69) is 12.2 Å². The molecule has 2 heteroatoms. The number of hydrogen-bond acceptors (Lipinski definition) is 1. The van der Waals surface area contributed by atoms with Crippen LogP contribution >= 0.6 is 0 Å². The Balaban J connectivity index is 2.03. The van der Waals surface area contributed by atoms with E-state index in [9.17, 15) is 4.39 Å². The van der Waals surface area contributed by atoms with Gasteiger partial charge in [-0.2, -0.15) is 0 Å². The highest BCUT2D eigenvalue weighted by molar-refractivity contribution is 5.18. The summed E-state index contributed by atoms with van der Waals surface area (Å²) in [6.07, 6.45) is 5.95. The first-order chi connectivity index (χ1) is 8.31. The van der Waals surface area contributed by atoms with E-state index >= 15 is 0 Å². The fraction of sp³-hybridized carbons (Fsp3) is 0.600. The van der Waals surface area contributed by atoms with Crippen molar-refractivity contribution in [2.75, 3.05) is 6.54 Å². The van der Waals surface area contributed by atoms with Crippen LogP contribution in [0.25, 0.3) is 0 Å². The van der Waals surface area contributed by atoms with Gasteiger partial charge in [0, 0.05) is 6.04 Å². The third-order valence-corrected chi connectivity index (χ3v) is 3.82. The van der Waals surface area contributed by atoms with Gasteiger partial charge in [-0.1, -0.05) is 38.0 Å². The summed E-state index contributed by atoms with van der Waals surface area (Å²) in [7, 11) is 0. The Morgan fingerprint density at radius 2 is 2.00 bits per heavy atom. The molecule has 0 amide bonds. The second-order valence-electron chi connectivity index (χ2n) is 5.00. The van der Waals surface area contributed by atoms with Crippen molar-refractivity contribution in [1.29, 1.82) is 0 Å². The van der Waals surface area contributed by atoms with Gasteiger partial charge in [0.2, 0.25) is 0 Å². The molecular weight excluding hydrogens is 213 g/mol. The van der Waals surface area contributed by atoms with Gasteiger partial charge in [-0.05, 0) is 43.4 Å². The van der Waals surface area contributed by atoms with Crippen LogP contribution in [0.1, 0.15) is 38.2 Å².